The van der Waals surface area contributed by atoms with Gasteiger partial charge in [0.15, 0.2) is 0 Å². The van der Waals surface area contributed by atoms with E-state index in [1.165, 1.54) is 6.07 Å². The summed E-state index contributed by atoms with van der Waals surface area (Å²) in [4.78, 5) is 11.8. The predicted molar refractivity (Wildman–Crippen MR) is 74.7 cm³/mol. The fraction of sp³-hybridized carbons (Fsp3) is 0.133. The highest BCUT2D eigenvalue weighted by Crippen LogP contribution is 2.13. The van der Waals surface area contributed by atoms with Gasteiger partial charge in [-0.15, -0.1) is 11.6 Å². The molecule has 0 heterocycles. The Hall–Kier alpha value is -1.87. The lowest BCUT2D eigenvalue weighted by molar-refractivity contribution is -0.115. The van der Waals surface area contributed by atoms with E-state index in [1.54, 1.807) is 30.3 Å². The van der Waals surface area contributed by atoms with Gasteiger partial charge in [-0.2, -0.15) is 0 Å². The van der Waals surface area contributed by atoms with Crippen LogP contribution in [0.2, 0.25) is 0 Å². The maximum atomic E-state index is 13.4. The van der Waals surface area contributed by atoms with Crippen molar-refractivity contribution in [3.8, 4) is 0 Å². The van der Waals surface area contributed by atoms with Gasteiger partial charge in [-0.25, -0.2) is 4.39 Å². The third-order valence-corrected chi connectivity index (χ3v) is 2.98. The molecule has 0 atom stereocenters. The molecule has 19 heavy (non-hydrogen) atoms. The number of anilines is 1. The summed E-state index contributed by atoms with van der Waals surface area (Å²) in [6, 6.07) is 13.5. The fourth-order valence-corrected chi connectivity index (χ4v) is 1.92. The van der Waals surface area contributed by atoms with E-state index in [9.17, 15) is 9.18 Å². The van der Waals surface area contributed by atoms with E-state index in [1.807, 2.05) is 12.1 Å². The minimum Gasteiger partial charge on any atom is -0.326 e. The zero-order valence-electron chi connectivity index (χ0n) is 10.2. The van der Waals surface area contributed by atoms with Crippen molar-refractivity contribution in [3.63, 3.8) is 0 Å². The zero-order chi connectivity index (χ0) is 13.7. The number of alkyl halides is 1. The molecule has 0 bridgehead atoms. The average Bonchev–Trinajstić information content (AvgIpc) is 2.41. The van der Waals surface area contributed by atoms with Gasteiger partial charge in [0.05, 0.1) is 6.42 Å². The van der Waals surface area contributed by atoms with Crippen LogP contribution in [0.4, 0.5) is 10.1 Å². The van der Waals surface area contributed by atoms with E-state index < -0.39 is 0 Å². The summed E-state index contributed by atoms with van der Waals surface area (Å²) in [7, 11) is 0. The van der Waals surface area contributed by atoms with Gasteiger partial charge in [-0.05, 0) is 29.3 Å². The molecular formula is C15H13ClFNO. The summed E-state index contributed by atoms with van der Waals surface area (Å²) in [5.74, 6) is -0.235. The van der Waals surface area contributed by atoms with E-state index in [-0.39, 0.29) is 18.1 Å². The fourth-order valence-electron chi connectivity index (χ4n) is 1.75. The van der Waals surface area contributed by atoms with Crippen LogP contribution < -0.4 is 5.32 Å². The molecule has 0 saturated carbocycles. The summed E-state index contributed by atoms with van der Waals surface area (Å²) in [5, 5.41) is 2.73. The Morgan fingerprint density at radius 2 is 1.95 bits per heavy atom. The normalized spacial score (nSPS) is 10.2. The quantitative estimate of drug-likeness (QED) is 0.848. The molecule has 2 aromatic carbocycles. The molecule has 0 unspecified atom stereocenters. The van der Waals surface area contributed by atoms with Crippen LogP contribution in [-0.2, 0) is 17.1 Å². The smallest absolute Gasteiger partial charge is 0.228 e. The number of hydrogen-bond donors (Lipinski definition) is 1. The minimum atomic E-state index is -0.368. The van der Waals surface area contributed by atoms with Gasteiger partial charge < -0.3 is 5.32 Å². The molecule has 4 heteroatoms. The van der Waals surface area contributed by atoms with Gasteiger partial charge in [0.2, 0.25) is 5.91 Å². The minimum absolute atomic E-state index is 0.0117. The molecule has 0 aliphatic heterocycles. The molecule has 0 aromatic heterocycles. The topological polar surface area (TPSA) is 29.1 Å². The highest BCUT2D eigenvalue weighted by molar-refractivity contribution is 6.17. The van der Waals surface area contributed by atoms with E-state index in [4.69, 9.17) is 11.6 Å². The van der Waals surface area contributed by atoms with Gasteiger partial charge in [-0.1, -0.05) is 30.3 Å². The van der Waals surface area contributed by atoms with Gasteiger partial charge in [0.1, 0.15) is 5.82 Å². The molecule has 0 radical (unpaired) electrons. The van der Waals surface area contributed by atoms with Gasteiger partial charge in [0.25, 0.3) is 0 Å². The Morgan fingerprint density at radius 1 is 1.16 bits per heavy atom. The highest BCUT2D eigenvalue weighted by atomic mass is 35.5. The molecule has 1 N–H and O–H groups in total. The predicted octanol–water partition coefficient (Wildman–Crippen LogP) is 3.75. The molecule has 2 nitrogen and oxygen atoms in total. The first-order chi connectivity index (χ1) is 9.19. The number of amides is 1. The van der Waals surface area contributed by atoms with Crippen molar-refractivity contribution in [3.05, 3.63) is 65.5 Å². The summed E-state index contributed by atoms with van der Waals surface area (Å²) < 4.78 is 13.4. The lowest BCUT2D eigenvalue weighted by Gasteiger charge is -2.07. The van der Waals surface area contributed by atoms with E-state index in [2.05, 4.69) is 5.32 Å². The van der Waals surface area contributed by atoms with Crippen LogP contribution >= 0.6 is 11.6 Å². The lowest BCUT2D eigenvalue weighted by Crippen LogP contribution is -2.15. The van der Waals surface area contributed by atoms with Crippen LogP contribution in [0.25, 0.3) is 0 Å². The monoisotopic (exact) mass is 277 g/mol. The van der Waals surface area contributed by atoms with Gasteiger partial charge in [0, 0.05) is 11.6 Å². The van der Waals surface area contributed by atoms with E-state index in [0.717, 1.165) is 5.56 Å². The van der Waals surface area contributed by atoms with Gasteiger partial charge in [-0.3, -0.25) is 4.79 Å². The second-order valence-corrected chi connectivity index (χ2v) is 4.42. The van der Waals surface area contributed by atoms with E-state index in [0.29, 0.717) is 17.1 Å². The lowest BCUT2D eigenvalue weighted by atomic mass is 10.1. The molecule has 1 amide bonds. The number of halogens is 2. The summed E-state index contributed by atoms with van der Waals surface area (Å²) in [6.07, 6.45) is 0.0117. The van der Waals surface area contributed by atoms with E-state index >= 15 is 0 Å². The maximum Gasteiger partial charge on any atom is 0.228 e. The van der Waals surface area contributed by atoms with Crippen LogP contribution in [0.15, 0.2) is 48.5 Å². The second-order valence-electron chi connectivity index (χ2n) is 4.15. The largest absolute Gasteiger partial charge is 0.326 e. The third kappa shape index (κ3) is 3.80. The summed E-state index contributed by atoms with van der Waals surface area (Å²) in [6.45, 7) is 0. The molecule has 0 spiro atoms. The van der Waals surface area contributed by atoms with Crippen molar-refractivity contribution in [1.82, 2.24) is 0 Å². The maximum absolute atomic E-state index is 13.4. The molecular weight excluding hydrogens is 265 g/mol. The average molecular weight is 278 g/mol. The first kappa shape index (κ1) is 13.6. The first-order valence-corrected chi connectivity index (χ1v) is 6.40. The third-order valence-electron chi connectivity index (χ3n) is 2.67. The molecule has 0 aliphatic carbocycles. The van der Waals surface area contributed by atoms with Crippen molar-refractivity contribution in [2.75, 3.05) is 5.32 Å². The van der Waals surface area contributed by atoms with Crippen LogP contribution in [0, 0.1) is 5.82 Å². The molecule has 0 aliphatic rings. The number of carbonyl (C=O) groups excluding carboxylic acids is 1. The van der Waals surface area contributed by atoms with Crippen LogP contribution in [0.3, 0.4) is 0 Å². The number of benzene rings is 2. The molecule has 98 valence electrons. The van der Waals surface area contributed by atoms with Crippen LogP contribution in [-0.4, -0.2) is 5.91 Å². The summed E-state index contributed by atoms with van der Waals surface area (Å²) in [5.41, 5.74) is 1.97. The molecule has 0 saturated heterocycles. The van der Waals surface area contributed by atoms with Crippen molar-refractivity contribution in [2.24, 2.45) is 0 Å². The van der Waals surface area contributed by atoms with Crippen molar-refractivity contribution < 1.29 is 9.18 Å². The number of carbonyl (C=O) groups is 1. The van der Waals surface area contributed by atoms with Crippen molar-refractivity contribution >= 4 is 23.2 Å². The Bertz CT molecular complexity index is 586. The zero-order valence-corrected chi connectivity index (χ0v) is 11.0. The standard InChI is InChI=1S/C15H13ClFNO/c16-10-11-4-3-6-13(8-11)18-15(19)9-12-5-1-2-7-14(12)17/h1-8H,9-10H2,(H,18,19). The van der Waals surface area contributed by atoms with Gasteiger partial charge >= 0.3 is 0 Å². The Balaban J connectivity index is 2.03. The summed E-state index contributed by atoms with van der Waals surface area (Å²) >= 11 is 5.72. The molecule has 0 fully saturated rings. The Morgan fingerprint density at radius 3 is 2.68 bits per heavy atom. The molecule has 2 rings (SSSR count). The number of hydrogen-bond acceptors (Lipinski definition) is 1. The molecule has 2 aromatic rings. The van der Waals surface area contributed by atoms with Crippen molar-refractivity contribution in [1.29, 1.82) is 0 Å². The second kappa shape index (κ2) is 6.34. The highest BCUT2D eigenvalue weighted by Gasteiger charge is 2.08. The Kier molecular flexibility index (Phi) is 4.53. The van der Waals surface area contributed by atoms with Crippen LogP contribution in [0.5, 0.6) is 0 Å². The number of nitrogens with one attached hydrogen (secondary N) is 1. The van der Waals surface area contributed by atoms with Crippen LogP contribution in [0.1, 0.15) is 11.1 Å². The van der Waals surface area contributed by atoms with Crippen molar-refractivity contribution in [2.45, 2.75) is 12.3 Å². The SMILES string of the molecule is O=C(Cc1ccccc1F)Nc1cccc(CCl)c1. The first-order valence-electron chi connectivity index (χ1n) is 5.87. The number of rotatable bonds is 4. The Labute approximate surface area is 116 Å².